The van der Waals surface area contributed by atoms with Crippen LogP contribution in [0.4, 0.5) is 0 Å². The molecule has 1 aromatic carbocycles. The zero-order valence-corrected chi connectivity index (χ0v) is 13.3. The Bertz CT molecular complexity index is 635. The summed E-state index contributed by atoms with van der Waals surface area (Å²) in [6, 6.07) is 13.9. The Kier molecular flexibility index (Phi) is 5.13. The summed E-state index contributed by atoms with van der Waals surface area (Å²) in [6.07, 6.45) is 3.07. The van der Waals surface area contributed by atoms with E-state index in [2.05, 4.69) is 0 Å². The first-order chi connectivity index (χ1) is 11.3. The van der Waals surface area contributed by atoms with Crippen LogP contribution in [0.5, 0.6) is 0 Å². The van der Waals surface area contributed by atoms with Crippen molar-refractivity contribution in [2.24, 2.45) is 5.92 Å². The number of carbonyl (C=O) groups is 1. The number of amides is 1. The Hall–Kier alpha value is -2.07. The van der Waals surface area contributed by atoms with Crippen molar-refractivity contribution in [2.75, 3.05) is 19.7 Å². The molecule has 1 aliphatic rings. The molecule has 3 rings (SSSR count). The lowest BCUT2D eigenvalue weighted by atomic mass is 9.98. The van der Waals surface area contributed by atoms with Crippen molar-refractivity contribution in [2.45, 2.75) is 25.7 Å². The predicted octanol–water partition coefficient (Wildman–Crippen LogP) is 3.11. The molecule has 4 heteroatoms. The molecule has 0 radical (unpaired) electrons. The Labute approximate surface area is 136 Å². The Morgan fingerprint density at radius 2 is 2.04 bits per heavy atom. The van der Waals surface area contributed by atoms with Gasteiger partial charge >= 0.3 is 0 Å². The molecule has 0 bridgehead atoms. The van der Waals surface area contributed by atoms with Crippen molar-refractivity contribution in [3.8, 4) is 11.3 Å². The lowest BCUT2D eigenvalue weighted by Gasteiger charge is -2.31. The first-order valence-corrected chi connectivity index (χ1v) is 8.29. The van der Waals surface area contributed by atoms with Gasteiger partial charge in [0.2, 0.25) is 5.91 Å². The van der Waals surface area contributed by atoms with Crippen LogP contribution in [0.1, 0.15) is 25.0 Å². The number of hydrogen-bond donors (Lipinski definition) is 1. The number of benzene rings is 1. The van der Waals surface area contributed by atoms with Crippen molar-refractivity contribution in [3.63, 3.8) is 0 Å². The predicted molar refractivity (Wildman–Crippen MR) is 88.9 cm³/mol. The van der Waals surface area contributed by atoms with Gasteiger partial charge in [0.05, 0.1) is 0 Å². The second kappa shape index (κ2) is 7.47. The molecule has 122 valence electrons. The number of nitrogens with zero attached hydrogens (tertiary/aromatic N) is 1. The molecule has 0 aliphatic carbocycles. The molecule has 1 aromatic heterocycles. The topological polar surface area (TPSA) is 53.7 Å². The average Bonchev–Trinajstić information content (AvgIpc) is 3.09. The number of aliphatic hydroxyl groups excluding tert-OH is 1. The SMILES string of the molecule is O=C(CCc1ccc(-c2ccccc2)o1)N1CCCC(CO)C1. The van der Waals surface area contributed by atoms with E-state index in [0.717, 1.165) is 36.5 Å². The molecule has 1 fully saturated rings. The van der Waals surface area contributed by atoms with Gasteiger partial charge in [0.25, 0.3) is 0 Å². The number of furan rings is 1. The smallest absolute Gasteiger partial charge is 0.223 e. The van der Waals surface area contributed by atoms with Gasteiger partial charge in [0, 0.05) is 38.1 Å². The summed E-state index contributed by atoms with van der Waals surface area (Å²) in [5.74, 6) is 2.07. The molecule has 1 unspecified atom stereocenters. The van der Waals surface area contributed by atoms with Crippen LogP contribution in [0.15, 0.2) is 46.9 Å². The molecule has 1 atom stereocenters. The Morgan fingerprint density at radius 3 is 2.83 bits per heavy atom. The molecule has 1 saturated heterocycles. The van der Waals surface area contributed by atoms with Crippen LogP contribution in [0, 0.1) is 5.92 Å². The van der Waals surface area contributed by atoms with Crippen molar-refractivity contribution in [1.29, 1.82) is 0 Å². The summed E-state index contributed by atoms with van der Waals surface area (Å²) in [5.41, 5.74) is 1.05. The number of aliphatic hydroxyl groups is 1. The highest BCUT2D eigenvalue weighted by Crippen LogP contribution is 2.23. The van der Waals surface area contributed by atoms with E-state index in [9.17, 15) is 9.90 Å². The van der Waals surface area contributed by atoms with Crippen LogP contribution >= 0.6 is 0 Å². The minimum atomic E-state index is 0.154. The summed E-state index contributed by atoms with van der Waals surface area (Å²) in [6.45, 7) is 1.66. The molecule has 4 nitrogen and oxygen atoms in total. The Morgan fingerprint density at radius 1 is 1.22 bits per heavy atom. The molecule has 1 amide bonds. The van der Waals surface area contributed by atoms with Gasteiger partial charge in [-0.25, -0.2) is 0 Å². The molecule has 0 spiro atoms. The van der Waals surface area contributed by atoms with Crippen molar-refractivity contribution < 1.29 is 14.3 Å². The fraction of sp³-hybridized carbons (Fsp3) is 0.421. The van der Waals surface area contributed by atoms with Crippen LogP contribution in [-0.4, -0.2) is 35.6 Å². The first-order valence-electron chi connectivity index (χ1n) is 8.29. The van der Waals surface area contributed by atoms with E-state index >= 15 is 0 Å². The molecule has 2 heterocycles. The minimum absolute atomic E-state index is 0.154. The molecule has 0 saturated carbocycles. The number of aryl methyl sites for hydroxylation is 1. The zero-order valence-electron chi connectivity index (χ0n) is 13.3. The van der Waals surface area contributed by atoms with E-state index < -0.39 is 0 Å². The van der Waals surface area contributed by atoms with Gasteiger partial charge in [-0.3, -0.25) is 4.79 Å². The van der Waals surface area contributed by atoms with E-state index in [4.69, 9.17) is 4.42 Å². The zero-order chi connectivity index (χ0) is 16.1. The van der Waals surface area contributed by atoms with E-state index in [-0.39, 0.29) is 18.4 Å². The molecule has 23 heavy (non-hydrogen) atoms. The normalized spacial score (nSPS) is 18.1. The highest BCUT2D eigenvalue weighted by molar-refractivity contribution is 5.76. The van der Waals surface area contributed by atoms with Gasteiger partial charge in [-0.05, 0) is 30.9 Å². The number of hydrogen-bond acceptors (Lipinski definition) is 3. The number of carbonyl (C=O) groups excluding carboxylic acids is 1. The third kappa shape index (κ3) is 4.02. The lowest BCUT2D eigenvalue weighted by Crippen LogP contribution is -2.41. The van der Waals surface area contributed by atoms with Gasteiger partial charge < -0.3 is 14.4 Å². The fourth-order valence-corrected chi connectivity index (χ4v) is 3.10. The van der Waals surface area contributed by atoms with Gasteiger partial charge in [0.15, 0.2) is 0 Å². The van der Waals surface area contributed by atoms with Crippen LogP contribution in [-0.2, 0) is 11.2 Å². The second-order valence-electron chi connectivity index (χ2n) is 6.16. The molecular formula is C19H23NO3. The third-order valence-corrected chi connectivity index (χ3v) is 4.44. The van der Waals surface area contributed by atoms with Crippen LogP contribution in [0.3, 0.4) is 0 Å². The van der Waals surface area contributed by atoms with Gasteiger partial charge in [0.1, 0.15) is 11.5 Å². The Balaban J connectivity index is 1.54. The number of piperidine rings is 1. The maximum absolute atomic E-state index is 12.3. The molecule has 1 aliphatic heterocycles. The van der Waals surface area contributed by atoms with Gasteiger partial charge in [-0.2, -0.15) is 0 Å². The third-order valence-electron chi connectivity index (χ3n) is 4.44. The van der Waals surface area contributed by atoms with Crippen LogP contribution < -0.4 is 0 Å². The molecular weight excluding hydrogens is 290 g/mol. The standard InChI is InChI=1S/C19H23NO3/c21-14-15-5-4-12-20(13-15)19(22)11-9-17-8-10-18(23-17)16-6-2-1-3-7-16/h1-3,6-8,10,15,21H,4-5,9,11-14H2. The summed E-state index contributed by atoms with van der Waals surface area (Å²) >= 11 is 0. The highest BCUT2D eigenvalue weighted by atomic mass is 16.3. The minimum Gasteiger partial charge on any atom is -0.461 e. The highest BCUT2D eigenvalue weighted by Gasteiger charge is 2.23. The maximum Gasteiger partial charge on any atom is 0.223 e. The summed E-state index contributed by atoms with van der Waals surface area (Å²) in [4.78, 5) is 14.2. The maximum atomic E-state index is 12.3. The van der Waals surface area contributed by atoms with Crippen molar-refractivity contribution in [3.05, 3.63) is 48.2 Å². The monoisotopic (exact) mass is 313 g/mol. The van der Waals surface area contributed by atoms with E-state index in [0.29, 0.717) is 19.4 Å². The first kappa shape index (κ1) is 15.8. The fourth-order valence-electron chi connectivity index (χ4n) is 3.10. The molecule has 1 N–H and O–H groups in total. The van der Waals surface area contributed by atoms with E-state index in [1.54, 1.807) is 0 Å². The number of rotatable bonds is 5. The quantitative estimate of drug-likeness (QED) is 0.923. The molecule has 2 aromatic rings. The van der Waals surface area contributed by atoms with Crippen LogP contribution in [0.2, 0.25) is 0 Å². The van der Waals surface area contributed by atoms with E-state index in [1.165, 1.54) is 0 Å². The van der Waals surface area contributed by atoms with Crippen LogP contribution in [0.25, 0.3) is 11.3 Å². The second-order valence-corrected chi connectivity index (χ2v) is 6.16. The number of likely N-dealkylation sites (tertiary alicyclic amines) is 1. The largest absolute Gasteiger partial charge is 0.461 e. The van der Waals surface area contributed by atoms with Crippen molar-refractivity contribution in [1.82, 2.24) is 4.90 Å². The van der Waals surface area contributed by atoms with E-state index in [1.807, 2.05) is 47.4 Å². The summed E-state index contributed by atoms with van der Waals surface area (Å²) < 4.78 is 5.84. The lowest BCUT2D eigenvalue weighted by molar-refractivity contribution is -0.133. The summed E-state index contributed by atoms with van der Waals surface area (Å²) in [5, 5.41) is 9.26. The van der Waals surface area contributed by atoms with Gasteiger partial charge in [-0.15, -0.1) is 0 Å². The summed E-state index contributed by atoms with van der Waals surface area (Å²) in [7, 11) is 0. The average molecular weight is 313 g/mol. The van der Waals surface area contributed by atoms with Gasteiger partial charge in [-0.1, -0.05) is 30.3 Å². The van der Waals surface area contributed by atoms with Crippen molar-refractivity contribution >= 4 is 5.91 Å².